The molecule has 3 aromatic heterocycles. The molecule has 0 radical (unpaired) electrons. The predicted octanol–water partition coefficient (Wildman–Crippen LogP) is 8.99. The van der Waals surface area contributed by atoms with Gasteiger partial charge in [0.25, 0.3) is 0 Å². The molecule has 0 saturated heterocycles. The molecule has 41 heavy (non-hydrogen) atoms. The minimum atomic E-state index is 0.547. The van der Waals surface area contributed by atoms with Gasteiger partial charge in [0.2, 0.25) is 0 Å². The SMILES string of the molecule is c1ccc(-c2nc(-c3ccccc3)nc(-c3cnc(-c4ccccc4)c4oc5cc6ccccc6cc5c34)n2)cc1. The average Bonchev–Trinajstić information content (AvgIpc) is 3.42. The van der Waals surface area contributed by atoms with Gasteiger partial charge in [0.15, 0.2) is 23.1 Å². The number of hydrogen-bond donors (Lipinski definition) is 0. The van der Waals surface area contributed by atoms with Crippen molar-refractivity contribution < 1.29 is 4.42 Å². The number of rotatable bonds is 4. The molecular weight excluding hydrogens is 504 g/mol. The van der Waals surface area contributed by atoms with Crippen LogP contribution < -0.4 is 0 Å². The van der Waals surface area contributed by atoms with Crippen molar-refractivity contribution in [3.05, 3.63) is 134 Å². The molecule has 5 aromatic carbocycles. The lowest BCUT2D eigenvalue weighted by Gasteiger charge is -2.10. The largest absolute Gasteiger partial charge is 0.454 e. The Kier molecular flexibility index (Phi) is 5.38. The molecule has 192 valence electrons. The average molecular weight is 527 g/mol. The van der Waals surface area contributed by atoms with E-state index in [1.165, 1.54) is 0 Å². The highest BCUT2D eigenvalue weighted by Gasteiger charge is 2.22. The van der Waals surface area contributed by atoms with E-state index < -0.39 is 0 Å². The molecule has 0 amide bonds. The lowest BCUT2D eigenvalue weighted by Crippen LogP contribution is -2.01. The smallest absolute Gasteiger partial charge is 0.166 e. The topological polar surface area (TPSA) is 64.7 Å². The van der Waals surface area contributed by atoms with E-state index in [1.54, 1.807) is 0 Å². The number of fused-ring (bicyclic) bond motifs is 4. The first-order chi connectivity index (χ1) is 20.3. The van der Waals surface area contributed by atoms with Gasteiger partial charge in [-0.3, -0.25) is 4.98 Å². The summed E-state index contributed by atoms with van der Waals surface area (Å²) in [5.74, 6) is 1.76. The first-order valence-electron chi connectivity index (χ1n) is 13.5. The van der Waals surface area contributed by atoms with Gasteiger partial charge in [0, 0.05) is 39.2 Å². The molecule has 0 spiro atoms. The fraction of sp³-hybridized carbons (Fsp3) is 0. The Morgan fingerprint density at radius 2 is 1.00 bits per heavy atom. The molecule has 0 aliphatic rings. The summed E-state index contributed by atoms with van der Waals surface area (Å²) in [4.78, 5) is 19.8. The molecule has 0 bridgehead atoms. The molecular formula is C36H22N4O. The summed E-state index contributed by atoms with van der Waals surface area (Å²) in [5.41, 5.74) is 5.91. The number of furan rings is 1. The summed E-state index contributed by atoms with van der Waals surface area (Å²) in [7, 11) is 0. The van der Waals surface area contributed by atoms with E-state index in [2.05, 4.69) is 42.5 Å². The molecule has 0 N–H and O–H groups in total. The number of aromatic nitrogens is 4. The molecule has 8 rings (SSSR count). The van der Waals surface area contributed by atoms with E-state index in [-0.39, 0.29) is 0 Å². The maximum absolute atomic E-state index is 6.60. The third kappa shape index (κ3) is 4.03. The Morgan fingerprint density at radius 1 is 0.488 bits per heavy atom. The minimum absolute atomic E-state index is 0.547. The van der Waals surface area contributed by atoms with Crippen LogP contribution in [0.3, 0.4) is 0 Å². The third-order valence-electron chi connectivity index (χ3n) is 7.35. The molecule has 8 aromatic rings. The van der Waals surface area contributed by atoms with E-state index in [9.17, 15) is 0 Å². The Labute approximate surface area is 235 Å². The Hall–Kier alpha value is -5.68. The second kappa shape index (κ2) is 9.50. The molecule has 0 saturated carbocycles. The Balaban J connectivity index is 1.46. The van der Waals surface area contributed by atoms with Gasteiger partial charge >= 0.3 is 0 Å². The summed E-state index contributed by atoms with van der Waals surface area (Å²) in [6.45, 7) is 0. The van der Waals surface area contributed by atoms with Crippen LogP contribution in [0, 0.1) is 0 Å². The summed E-state index contributed by atoms with van der Waals surface area (Å²) < 4.78 is 6.60. The van der Waals surface area contributed by atoms with Gasteiger partial charge in [0.05, 0.1) is 0 Å². The van der Waals surface area contributed by atoms with Crippen molar-refractivity contribution >= 4 is 32.7 Å². The standard InChI is InChI=1S/C36H22N4O/c1-4-12-23(13-5-1)32-33-31(28-20-26-18-10-11-19-27(26)21-30(28)41-33)29(22-37-32)36-39-34(24-14-6-2-7-15-24)38-35(40-36)25-16-8-3-9-17-25/h1-22H. The molecule has 0 aliphatic heterocycles. The van der Waals surface area contributed by atoms with Crippen LogP contribution in [-0.2, 0) is 0 Å². The molecule has 0 atom stereocenters. The van der Waals surface area contributed by atoms with E-state index in [0.29, 0.717) is 23.1 Å². The van der Waals surface area contributed by atoms with Crippen molar-refractivity contribution in [2.24, 2.45) is 0 Å². The van der Waals surface area contributed by atoms with Gasteiger partial charge in [-0.05, 0) is 22.9 Å². The van der Waals surface area contributed by atoms with Crippen molar-refractivity contribution in [3.63, 3.8) is 0 Å². The lowest BCUT2D eigenvalue weighted by atomic mass is 10.0. The van der Waals surface area contributed by atoms with E-state index in [0.717, 1.165) is 55.1 Å². The van der Waals surface area contributed by atoms with E-state index in [1.807, 2.05) is 91.1 Å². The van der Waals surface area contributed by atoms with Gasteiger partial charge in [-0.1, -0.05) is 115 Å². The van der Waals surface area contributed by atoms with Crippen LogP contribution in [0.4, 0.5) is 0 Å². The Bertz CT molecular complexity index is 2130. The normalized spacial score (nSPS) is 11.4. The number of hydrogen-bond acceptors (Lipinski definition) is 5. The monoisotopic (exact) mass is 526 g/mol. The Morgan fingerprint density at radius 3 is 1.61 bits per heavy atom. The van der Waals surface area contributed by atoms with E-state index >= 15 is 0 Å². The molecule has 0 fully saturated rings. The summed E-state index contributed by atoms with van der Waals surface area (Å²) in [6.07, 6.45) is 1.87. The van der Waals surface area contributed by atoms with Crippen molar-refractivity contribution in [2.45, 2.75) is 0 Å². The highest BCUT2D eigenvalue weighted by atomic mass is 16.3. The highest BCUT2D eigenvalue weighted by Crippen LogP contribution is 2.41. The number of nitrogens with zero attached hydrogens (tertiary/aromatic N) is 4. The molecule has 3 heterocycles. The molecule has 0 unspecified atom stereocenters. The van der Waals surface area contributed by atoms with Crippen LogP contribution in [-0.4, -0.2) is 19.9 Å². The van der Waals surface area contributed by atoms with Crippen LogP contribution in [0.1, 0.15) is 0 Å². The van der Waals surface area contributed by atoms with Crippen LogP contribution >= 0.6 is 0 Å². The van der Waals surface area contributed by atoms with Crippen molar-refractivity contribution in [2.75, 3.05) is 0 Å². The van der Waals surface area contributed by atoms with Crippen molar-refractivity contribution in [3.8, 4) is 45.4 Å². The van der Waals surface area contributed by atoms with Gasteiger partial charge in [0.1, 0.15) is 11.3 Å². The first kappa shape index (κ1) is 23.2. The first-order valence-corrected chi connectivity index (χ1v) is 13.5. The maximum atomic E-state index is 6.60. The third-order valence-corrected chi connectivity index (χ3v) is 7.35. The van der Waals surface area contributed by atoms with Crippen molar-refractivity contribution in [1.82, 2.24) is 19.9 Å². The predicted molar refractivity (Wildman–Crippen MR) is 164 cm³/mol. The van der Waals surface area contributed by atoms with Crippen molar-refractivity contribution in [1.29, 1.82) is 0 Å². The minimum Gasteiger partial charge on any atom is -0.454 e. The number of pyridine rings is 1. The fourth-order valence-corrected chi connectivity index (χ4v) is 5.37. The second-order valence-electron chi connectivity index (χ2n) is 9.93. The van der Waals surface area contributed by atoms with Gasteiger partial charge < -0.3 is 4.42 Å². The van der Waals surface area contributed by atoms with Gasteiger partial charge in [-0.15, -0.1) is 0 Å². The zero-order valence-corrected chi connectivity index (χ0v) is 21.9. The van der Waals surface area contributed by atoms with Gasteiger partial charge in [-0.25, -0.2) is 15.0 Å². The maximum Gasteiger partial charge on any atom is 0.166 e. The zero-order chi connectivity index (χ0) is 27.2. The lowest BCUT2D eigenvalue weighted by molar-refractivity contribution is 0.669. The fourth-order valence-electron chi connectivity index (χ4n) is 5.37. The van der Waals surface area contributed by atoms with Crippen LogP contribution in [0.2, 0.25) is 0 Å². The molecule has 0 aliphatic carbocycles. The molecule has 5 nitrogen and oxygen atoms in total. The number of benzene rings is 5. The molecule has 5 heteroatoms. The highest BCUT2D eigenvalue weighted by molar-refractivity contribution is 6.17. The summed E-state index contributed by atoms with van der Waals surface area (Å²) in [5, 5.41) is 4.19. The summed E-state index contributed by atoms with van der Waals surface area (Å²) >= 11 is 0. The van der Waals surface area contributed by atoms with Gasteiger partial charge in [-0.2, -0.15) is 0 Å². The van der Waals surface area contributed by atoms with Crippen LogP contribution in [0.5, 0.6) is 0 Å². The second-order valence-corrected chi connectivity index (χ2v) is 9.93. The van der Waals surface area contributed by atoms with E-state index in [4.69, 9.17) is 24.4 Å². The van der Waals surface area contributed by atoms with Crippen LogP contribution in [0.25, 0.3) is 78.1 Å². The van der Waals surface area contributed by atoms with Crippen LogP contribution in [0.15, 0.2) is 138 Å². The summed E-state index contributed by atoms with van der Waals surface area (Å²) in [6, 6.07) is 42.7. The zero-order valence-electron chi connectivity index (χ0n) is 21.9. The quantitative estimate of drug-likeness (QED) is 0.229.